The molecule has 1 aliphatic rings. The molecule has 0 saturated carbocycles. The van der Waals surface area contributed by atoms with Gasteiger partial charge in [0.05, 0.1) is 6.54 Å². The number of rotatable bonds is 4. The molecule has 0 aliphatic carbocycles. The van der Waals surface area contributed by atoms with Gasteiger partial charge in [-0.15, -0.1) is 10.2 Å². The number of benzene rings is 1. The van der Waals surface area contributed by atoms with Crippen LogP contribution >= 0.6 is 0 Å². The number of carbonyl (C=O) groups excluding carboxylic acids is 1. The smallest absolute Gasteiger partial charge is 0.321 e. The molecular formula is C19H25N5O2. The van der Waals surface area contributed by atoms with Crippen molar-refractivity contribution in [3.63, 3.8) is 0 Å². The summed E-state index contributed by atoms with van der Waals surface area (Å²) in [6, 6.07) is 9.48. The van der Waals surface area contributed by atoms with Crippen LogP contribution in [-0.4, -0.2) is 54.4 Å². The Balaban J connectivity index is 1.54. The quantitative estimate of drug-likeness (QED) is 0.913. The highest BCUT2D eigenvalue weighted by molar-refractivity contribution is 5.89. The summed E-state index contributed by atoms with van der Waals surface area (Å²) in [5.74, 6) is 1.26. The highest BCUT2D eigenvalue weighted by atomic mass is 16.5. The highest BCUT2D eigenvalue weighted by Crippen LogP contribution is 2.19. The van der Waals surface area contributed by atoms with E-state index in [1.165, 1.54) is 5.56 Å². The van der Waals surface area contributed by atoms with Gasteiger partial charge in [-0.25, -0.2) is 4.79 Å². The molecule has 1 aromatic carbocycles. The van der Waals surface area contributed by atoms with E-state index in [4.69, 9.17) is 4.74 Å². The third-order valence-corrected chi connectivity index (χ3v) is 4.56. The maximum atomic E-state index is 12.5. The lowest BCUT2D eigenvalue weighted by molar-refractivity contribution is 0.188. The maximum Gasteiger partial charge on any atom is 0.321 e. The molecule has 1 fully saturated rings. The molecule has 0 radical (unpaired) electrons. The monoisotopic (exact) mass is 355 g/mol. The summed E-state index contributed by atoms with van der Waals surface area (Å²) in [5, 5.41) is 11.1. The molecule has 0 bridgehead atoms. The van der Waals surface area contributed by atoms with E-state index in [-0.39, 0.29) is 12.1 Å². The first-order valence-corrected chi connectivity index (χ1v) is 8.73. The molecule has 1 aromatic heterocycles. The minimum Gasteiger partial charge on any atom is -0.471 e. The minimum absolute atomic E-state index is 0.0694. The van der Waals surface area contributed by atoms with Crippen molar-refractivity contribution >= 4 is 17.5 Å². The predicted molar refractivity (Wildman–Crippen MR) is 102 cm³/mol. The van der Waals surface area contributed by atoms with Crippen LogP contribution in [0.15, 0.2) is 30.3 Å². The van der Waals surface area contributed by atoms with Gasteiger partial charge in [0.25, 0.3) is 0 Å². The Hall–Kier alpha value is -2.83. The van der Waals surface area contributed by atoms with Crippen molar-refractivity contribution in [3.8, 4) is 5.88 Å². The molecule has 2 aromatic rings. The third-order valence-electron chi connectivity index (χ3n) is 4.56. The molecule has 1 saturated heterocycles. The predicted octanol–water partition coefficient (Wildman–Crippen LogP) is 2.84. The highest BCUT2D eigenvalue weighted by Gasteiger charge is 2.28. The topological polar surface area (TPSA) is 70.6 Å². The van der Waals surface area contributed by atoms with Crippen LogP contribution < -0.4 is 15.0 Å². The Labute approximate surface area is 154 Å². The second kappa shape index (κ2) is 7.59. The lowest BCUT2D eigenvalue weighted by Gasteiger charge is -2.18. The van der Waals surface area contributed by atoms with Crippen LogP contribution in [0.2, 0.25) is 0 Å². The summed E-state index contributed by atoms with van der Waals surface area (Å²) in [4.78, 5) is 16.1. The Morgan fingerprint density at radius 3 is 2.65 bits per heavy atom. The van der Waals surface area contributed by atoms with E-state index in [1.54, 1.807) is 11.0 Å². The van der Waals surface area contributed by atoms with E-state index in [0.29, 0.717) is 19.0 Å². The fourth-order valence-corrected chi connectivity index (χ4v) is 2.82. The molecule has 1 N–H and O–H groups in total. The number of amides is 2. The number of aromatic nitrogens is 2. The number of carbonyl (C=O) groups is 1. The van der Waals surface area contributed by atoms with Crippen LogP contribution in [0, 0.1) is 13.8 Å². The molecule has 2 heterocycles. The number of urea groups is 1. The van der Waals surface area contributed by atoms with Crippen molar-refractivity contribution in [2.24, 2.45) is 0 Å². The Bertz CT molecular complexity index is 776. The minimum atomic E-state index is -0.103. The lowest BCUT2D eigenvalue weighted by Crippen LogP contribution is -2.34. The van der Waals surface area contributed by atoms with Gasteiger partial charge in [-0.1, -0.05) is 6.07 Å². The molecule has 7 heteroatoms. The first kappa shape index (κ1) is 18.0. The number of aryl methyl sites for hydroxylation is 2. The van der Waals surface area contributed by atoms with Crippen molar-refractivity contribution in [1.29, 1.82) is 0 Å². The van der Waals surface area contributed by atoms with Crippen LogP contribution in [0.1, 0.15) is 17.5 Å². The molecule has 7 nitrogen and oxygen atoms in total. The molecule has 0 spiro atoms. The average Bonchev–Trinajstić information content (AvgIpc) is 3.07. The van der Waals surface area contributed by atoms with Gasteiger partial charge in [-0.05, 0) is 43.2 Å². The van der Waals surface area contributed by atoms with Crippen molar-refractivity contribution in [2.45, 2.75) is 26.4 Å². The second-order valence-corrected chi connectivity index (χ2v) is 6.83. The summed E-state index contributed by atoms with van der Waals surface area (Å²) >= 11 is 0. The molecule has 26 heavy (non-hydrogen) atoms. The molecular weight excluding hydrogens is 330 g/mol. The number of hydrogen-bond acceptors (Lipinski definition) is 5. The van der Waals surface area contributed by atoms with Gasteiger partial charge >= 0.3 is 6.03 Å². The zero-order chi connectivity index (χ0) is 18.7. The van der Waals surface area contributed by atoms with Crippen molar-refractivity contribution < 1.29 is 9.53 Å². The van der Waals surface area contributed by atoms with Crippen LogP contribution in [0.3, 0.4) is 0 Å². The molecule has 1 aliphatic heterocycles. The van der Waals surface area contributed by atoms with Gasteiger partial charge in [0.2, 0.25) is 5.88 Å². The molecule has 138 valence electrons. The van der Waals surface area contributed by atoms with Gasteiger partial charge < -0.3 is 19.9 Å². The van der Waals surface area contributed by atoms with Crippen molar-refractivity contribution in [2.75, 3.05) is 37.4 Å². The lowest BCUT2D eigenvalue weighted by atomic mass is 10.1. The van der Waals surface area contributed by atoms with Crippen LogP contribution in [-0.2, 0) is 0 Å². The van der Waals surface area contributed by atoms with E-state index < -0.39 is 0 Å². The van der Waals surface area contributed by atoms with Gasteiger partial charge in [-0.3, -0.25) is 0 Å². The maximum absolute atomic E-state index is 12.5. The summed E-state index contributed by atoms with van der Waals surface area (Å²) in [5.41, 5.74) is 3.18. The Morgan fingerprint density at radius 1 is 1.19 bits per heavy atom. The number of ether oxygens (including phenoxy) is 1. The van der Waals surface area contributed by atoms with E-state index in [2.05, 4.69) is 22.4 Å². The number of hydrogen-bond donors (Lipinski definition) is 1. The van der Waals surface area contributed by atoms with Gasteiger partial charge in [-0.2, -0.15) is 0 Å². The summed E-state index contributed by atoms with van der Waals surface area (Å²) < 4.78 is 5.86. The molecule has 1 atom stereocenters. The normalized spacial score (nSPS) is 16.5. The SMILES string of the molecule is Cc1ccc(NC(=O)N2CCC(Oc3ccc(N(C)C)nn3)C2)cc1C. The summed E-state index contributed by atoms with van der Waals surface area (Å²) in [6.45, 7) is 5.28. The molecule has 2 amide bonds. The standard InChI is InChI=1S/C19H25N5O2/c1-13-5-6-15(11-14(13)2)20-19(25)24-10-9-16(12-24)26-18-8-7-17(21-22-18)23(3)4/h5-8,11,16H,9-10,12H2,1-4H3,(H,20,25). The van der Waals surface area contributed by atoms with E-state index in [9.17, 15) is 4.79 Å². The van der Waals surface area contributed by atoms with Crippen LogP contribution in [0.25, 0.3) is 0 Å². The molecule has 3 rings (SSSR count). The zero-order valence-corrected chi connectivity index (χ0v) is 15.7. The Morgan fingerprint density at radius 2 is 2.00 bits per heavy atom. The Kier molecular flexibility index (Phi) is 5.25. The zero-order valence-electron chi connectivity index (χ0n) is 15.7. The van der Waals surface area contributed by atoms with Crippen LogP contribution in [0.4, 0.5) is 16.3 Å². The van der Waals surface area contributed by atoms with Crippen LogP contribution in [0.5, 0.6) is 5.88 Å². The number of nitrogens with one attached hydrogen (secondary N) is 1. The number of anilines is 2. The third kappa shape index (κ3) is 4.22. The van der Waals surface area contributed by atoms with Gasteiger partial charge in [0.1, 0.15) is 6.10 Å². The van der Waals surface area contributed by atoms with E-state index in [1.807, 2.05) is 50.2 Å². The first-order valence-electron chi connectivity index (χ1n) is 8.73. The summed E-state index contributed by atoms with van der Waals surface area (Å²) in [7, 11) is 3.82. The van der Waals surface area contributed by atoms with E-state index in [0.717, 1.165) is 23.5 Å². The number of likely N-dealkylation sites (tertiary alicyclic amines) is 1. The van der Waals surface area contributed by atoms with Gasteiger partial charge in [0.15, 0.2) is 5.82 Å². The second-order valence-electron chi connectivity index (χ2n) is 6.83. The largest absolute Gasteiger partial charge is 0.471 e. The fraction of sp³-hybridized carbons (Fsp3) is 0.421. The number of nitrogens with zero attached hydrogens (tertiary/aromatic N) is 4. The molecule has 1 unspecified atom stereocenters. The van der Waals surface area contributed by atoms with Crippen molar-refractivity contribution in [3.05, 3.63) is 41.5 Å². The fourth-order valence-electron chi connectivity index (χ4n) is 2.82. The average molecular weight is 355 g/mol. The van der Waals surface area contributed by atoms with E-state index >= 15 is 0 Å². The van der Waals surface area contributed by atoms with Gasteiger partial charge in [0, 0.05) is 38.8 Å². The summed E-state index contributed by atoms with van der Waals surface area (Å²) in [6.07, 6.45) is 0.706. The van der Waals surface area contributed by atoms with Crippen molar-refractivity contribution in [1.82, 2.24) is 15.1 Å². The first-order chi connectivity index (χ1) is 12.4.